The fraction of sp³-hybridized carbons (Fsp3) is 0.952. The van der Waals surface area contributed by atoms with Gasteiger partial charge < -0.3 is 14.9 Å². The topological polar surface area (TPSA) is 66.8 Å². The van der Waals surface area contributed by atoms with Gasteiger partial charge in [0.05, 0.1) is 19.1 Å². The van der Waals surface area contributed by atoms with E-state index in [-0.39, 0.29) is 17.9 Å². The van der Waals surface area contributed by atoms with Gasteiger partial charge in [-0.25, -0.2) is 0 Å². The van der Waals surface area contributed by atoms with Gasteiger partial charge in [0.2, 0.25) is 0 Å². The first-order valence-corrected chi connectivity index (χ1v) is 10.2. The van der Waals surface area contributed by atoms with E-state index in [1.54, 1.807) is 7.11 Å². The predicted molar refractivity (Wildman–Crippen MR) is 102 cm³/mol. The molecule has 0 bridgehead atoms. The Bertz CT molecular complexity index is 374. The van der Waals surface area contributed by atoms with Crippen LogP contribution in [0.25, 0.3) is 0 Å². The third kappa shape index (κ3) is 10.9. The van der Waals surface area contributed by atoms with Crippen molar-refractivity contribution in [3.63, 3.8) is 0 Å². The number of methoxy groups -OCH3 is 1. The van der Waals surface area contributed by atoms with E-state index in [0.29, 0.717) is 5.41 Å². The monoisotopic (exact) mass is 356 g/mol. The van der Waals surface area contributed by atoms with Crippen molar-refractivity contribution in [2.45, 2.75) is 103 Å². The summed E-state index contributed by atoms with van der Waals surface area (Å²) in [4.78, 5) is 10.8. The van der Waals surface area contributed by atoms with Gasteiger partial charge in [-0.3, -0.25) is 4.79 Å². The zero-order chi connectivity index (χ0) is 18.8. The van der Waals surface area contributed by atoms with Crippen molar-refractivity contribution in [1.82, 2.24) is 0 Å². The number of aliphatic hydroxyl groups is 1. The molecule has 0 amide bonds. The molecule has 1 aliphatic rings. The number of ether oxygens (including phenoxy) is 1. The molecule has 1 aliphatic carbocycles. The molecule has 0 saturated heterocycles. The largest absolute Gasteiger partial charge is 0.481 e. The molecule has 1 saturated carbocycles. The van der Waals surface area contributed by atoms with Crippen LogP contribution in [0.5, 0.6) is 0 Å². The lowest BCUT2D eigenvalue weighted by Crippen LogP contribution is -2.16. The number of carbonyl (C=O) groups is 1. The molecule has 1 unspecified atom stereocenters. The molecule has 1 rings (SSSR count). The summed E-state index contributed by atoms with van der Waals surface area (Å²) in [6.45, 7) is 4.96. The van der Waals surface area contributed by atoms with E-state index >= 15 is 0 Å². The number of aliphatic hydroxyl groups excluding tert-OH is 1. The molecule has 148 valence electrons. The van der Waals surface area contributed by atoms with Crippen molar-refractivity contribution < 1.29 is 19.7 Å². The standard InChI is InChI=1S/C21H40O4/c1-20(2,16-19(23)24)12-8-4-6-10-18(22)11-7-5-9-13-21(14-15-21)17-25-3/h18,22H,4-17H2,1-3H3,(H,23,24). The second kappa shape index (κ2) is 11.2. The summed E-state index contributed by atoms with van der Waals surface area (Å²) in [6, 6.07) is 0. The van der Waals surface area contributed by atoms with Crippen molar-refractivity contribution >= 4 is 5.97 Å². The maximum absolute atomic E-state index is 10.8. The van der Waals surface area contributed by atoms with Gasteiger partial charge in [0.1, 0.15) is 0 Å². The second-order valence-electron chi connectivity index (χ2n) is 9.02. The molecule has 0 radical (unpaired) electrons. The number of hydrogen-bond acceptors (Lipinski definition) is 3. The number of hydrogen-bond donors (Lipinski definition) is 2. The molecule has 0 aromatic rings. The molecule has 0 aliphatic heterocycles. The molecule has 1 fully saturated rings. The Balaban J connectivity index is 1.93. The summed E-state index contributed by atoms with van der Waals surface area (Å²) in [5.74, 6) is -0.713. The molecule has 0 aromatic heterocycles. The van der Waals surface area contributed by atoms with E-state index < -0.39 is 5.97 Å². The summed E-state index contributed by atoms with van der Waals surface area (Å²) >= 11 is 0. The Kier molecular flexibility index (Phi) is 10.0. The number of carboxylic acids is 1. The van der Waals surface area contributed by atoms with Crippen LogP contribution >= 0.6 is 0 Å². The van der Waals surface area contributed by atoms with Crippen LogP contribution in [0.15, 0.2) is 0 Å². The van der Waals surface area contributed by atoms with Crippen LogP contribution in [0.4, 0.5) is 0 Å². The highest BCUT2D eigenvalue weighted by Crippen LogP contribution is 2.50. The van der Waals surface area contributed by atoms with Crippen LogP contribution in [0.1, 0.15) is 97.3 Å². The molecule has 4 heteroatoms. The van der Waals surface area contributed by atoms with Gasteiger partial charge in [-0.1, -0.05) is 52.4 Å². The molecule has 2 N–H and O–H groups in total. The van der Waals surface area contributed by atoms with E-state index in [1.165, 1.54) is 32.1 Å². The smallest absolute Gasteiger partial charge is 0.303 e. The lowest BCUT2D eigenvalue weighted by Gasteiger charge is -2.22. The summed E-state index contributed by atoms with van der Waals surface area (Å²) in [5.41, 5.74) is 0.383. The van der Waals surface area contributed by atoms with Crippen molar-refractivity contribution in [2.75, 3.05) is 13.7 Å². The van der Waals surface area contributed by atoms with E-state index in [4.69, 9.17) is 9.84 Å². The highest BCUT2D eigenvalue weighted by atomic mass is 16.5. The molecule has 1 atom stereocenters. The fourth-order valence-corrected chi connectivity index (χ4v) is 3.81. The first-order chi connectivity index (χ1) is 11.8. The highest BCUT2D eigenvalue weighted by molar-refractivity contribution is 5.67. The third-order valence-electron chi connectivity index (χ3n) is 5.67. The lowest BCUT2D eigenvalue weighted by molar-refractivity contribution is -0.139. The van der Waals surface area contributed by atoms with Crippen molar-refractivity contribution in [3.8, 4) is 0 Å². The summed E-state index contributed by atoms with van der Waals surface area (Å²) in [6.07, 6.45) is 13.5. The number of unbranched alkanes of at least 4 members (excludes halogenated alkanes) is 4. The van der Waals surface area contributed by atoms with E-state index in [1.807, 2.05) is 13.8 Å². The van der Waals surface area contributed by atoms with Crippen LogP contribution in [0, 0.1) is 10.8 Å². The minimum absolute atomic E-state index is 0.119. The van der Waals surface area contributed by atoms with E-state index in [0.717, 1.165) is 51.6 Å². The summed E-state index contributed by atoms with van der Waals surface area (Å²) < 4.78 is 5.30. The van der Waals surface area contributed by atoms with Gasteiger partial charge in [-0.15, -0.1) is 0 Å². The van der Waals surface area contributed by atoms with Gasteiger partial charge in [0, 0.05) is 7.11 Å². The Hall–Kier alpha value is -0.610. The van der Waals surface area contributed by atoms with E-state index in [2.05, 4.69) is 0 Å². The first kappa shape index (κ1) is 22.4. The van der Waals surface area contributed by atoms with Gasteiger partial charge in [0.25, 0.3) is 0 Å². The number of carboxylic acid groups (broad SMARTS) is 1. The SMILES string of the molecule is COCC1(CCCCCC(O)CCCCCC(C)(C)CC(=O)O)CC1. The van der Waals surface area contributed by atoms with Crippen LogP contribution in [0.3, 0.4) is 0 Å². The van der Waals surface area contributed by atoms with Crippen molar-refractivity contribution in [1.29, 1.82) is 0 Å². The average Bonchev–Trinajstić information content (AvgIpc) is 3.25. The Morgan fingerprint density at radius 2 is 1.68 bits per heavy atom. The van der Waals surface area contributed by atoms with Gasteiger partial charge in [-0.05, 0) is 49.4 Å². The minimum atomic E-state index is -0.713. The first-order valence-electron chi connectivity index (χ1n) is 10.2. The maximum atomic E-state index is 10.8. The van der Waals surface area contributed by atoms with Gasteiger partial charge in [0.15, 0.2) is 0 Å². The molecule has 0 heterocycles. The Labute approximate surface area is 154 Å². The van der Waals surface area contributed by atoms with Crippen LogP contribution in [0.2, 0.25) is 0 Å². The Morgan fingerprint density at radius 1 is 1.08 bits per heavy atom. The van der Waals surface area contributed by atoms with Crippen molar-refractivity contribution in [2.24, 2.45) is 10.8 Å². The van der Waals surface area contributed by atoms with Gasteiger partial charge in [-0.2, -0.15) is 0 Å². The van der Waals surface area contributed by atoms with Gasteiger partial charge >= 0.3 is 5.97 Å². The van der Waals surface area contributed by atoms with Crippen LogP contribution in [-0.4, -0.2) is 36.0 Å². The quantitative estimate of drug-likeness (QED) is 0.374. The summed E-state index contributed by atoms with van der Waals surface area (Å²) in [7, 11) is 1.80. The zero-order valence-corrected chi connectivity index (χ0v) is 16.7. The predicted octanol–water partition coefficient (Wildman–Crippen LogP) is 5.18. The number of aliphatic carboxylic acids is 1. The lowest BCUT2D eigenvalue weighted by atomic mass is 9.83. The molecular weight excluding hydrogens is 316 g/mol. The maximum Gasteiger partial charge on any atom is 0.303 e. The molecule has 0 aromatic carbocycles. The molecule has 0 spiro atoms. The van der Waals surface area contributed by atoms with E-state index in [9.17, 15) is 9.90 Å². The second-order valence-corrected chi connectivity index (χ2v) is 9.02. The van der Waals surface area contributed by atoms with Crippen molar-refractivity contribution in [3.05, 3.63) is 0 Å². The highest BCUT2D eigenvalue weighted by Gasteiger charge is 2.41. The third-order valence-corrected chi connectivity index (χ3v) is 5.67. The van der Waals surface area contributed by atoms with Crippen LogP contribution in [-0.2, 0) is 9.53 Å². The summed E-state index contributed by atoms with van der Waals surface area (Å²) in [5, 5.41) is 19.0. The molecule has 25 heavy (non-hydrogen) atoms. The normalized spacial score (nSPS) is 17.4. The molecular formula is C21H40O4. The Morgan fingerprint density at radius 3 is 2.20 bits per heavy atom. The van der Waals surface area contributed by atoms with Crippen LogP contribution < -0.4 is 0 Å². The number of rotatable bonds is 16. The zero-order valence-electron chi connectivity index (χ0n) is 16.7. The minimum Gasteiger partial charge on any atom is -0.481 e. The average molecular weight is 357 g/mol. The fourth-order valence-electron chi connectivity index (χ4n) is 3.81. The molecule has 4 nitrogen and oxygen atoms in total.